The van der Waals surface area contributed by atoms with Crippen molar-refractivity contribution < 1.29 is 17.9 Å². The predicted molar refractivity (Wildman–Crippen MR) is 86.6 cm³/mol. The summed E-state index contributed by atoms with van der Waals surface area (Å²) in [6, 6.07) is 6.56. The SMILES string of the molecule is Cc1cccc(S(=O)(=O)NCC(=O)NCCN2CCOCC2)c1. The van der Waals surface area contributed by atoms with Crippen molar-refractivity contribution in [1.82, 2.24) is 14.9 Å². The third-order valence-corrected chi connectivity index (χ3v) is 4.98. The Kier molecular flexibility index (Phi) is 6.52. The van der Waals surface area contributed by atoms with E-state index in [-0.39, 0.29) is 17.3 Å². The molecule has 0 aromatic heterocycles. The van der Waals surface area contributed by atoms with Gasteiger partial charge in [-0.25, -0.2) is 13.1 Å². The van der Waals surface area contributed by atoms with Crippen LogP contribution in [0.1, 0.15) is 5.56 Å². The van der Waals surface area contributed by atoms with Gasteiger partial charge in [0.1, 0.15) is 0 Å². The second kappa shape index (κ2) is 8.39. The highest BCUT2D eigenvalue weighted by molar-refractivity contribution is 7.89. The summed E-state index contributed by atoms with van der Waals surface area (Å²) >= 11 is 0. The van der Waals surface area contributed by atoms with Crippen LogP contribution in [0.5, 0.6) is 0 Å². The number of aryl methyl sites for hydroxylation is 1. The Bertz CT molecular complexity index is 627. The van der Waals surface area contributed by atoms with Gasteiger partial charge in [0, 0.05) is 26.2 Å². The highest BCUT2D eigenvalue weighted by Gasteiger charge is 2.15. The number of hydrogen-bond donors (Lipinski definition) is 2. The summed E-state index contributed by atoms with van der Waals surface area (Å²) in [5.41, 5.74) is 0.850. The van der Waals surface area contributed by atoms with Gasteiger partial charge in [0.15, 0.2) is 0 Å². The lowest BCUT2D eigenvalue weighted by Crippen LogP contribution is -2.43. The van der Waals surface area contributed by atoms with Crippen LogP contribution in [0.4, 0.5) is 0 Å². The fourth-order valence-corrected chi connectivity index (χ4v) is 3.35. The van der Waals surface area contributed by atoms with Gasteiger partial charge >= 0.3 is 0 Å². The maximum absolute atomic E-state index is 12.1. The minimum atomic E-state index is -3.66. The van der Waals surface area contributed by atoms with Crippen LogP contribution in [-0.4, -0.2) is 65.2 Å². The summed E-state index contributed by atoms with van der Waals surface area (Å²) in [7, 11) is -3.66. The first-order valence-electron chi connectivity index (χ1n) is 7.60. The van der Waals surface area contributed by atoms with Crippen molar-refractivity contribution in [3.05, 3.63) is 29.8 Å². The van der Waals surface area contributed by atoms with Gasteiger partial charge in [-0.3, -0.25) is 9.69 Å². The van der Waals surface area contributed by atoms with E-state index >= 15 is 0 Å². The summed E-state index contributed by atoms with van der Waals surface area (Å²) < 4.78 is 31.8. The van der Waals surface area contributed by atoms with Gasteiger partial charge in [-0.1, -0.05) is 12.1 Å². The predicted octanol–water partition coefficient (Wildman–Crippen LogP) is -0.278. The largest absolute Gasteiger partial charge is 0.379 e. The van der Waals surface area contributed by atoms with Gasteiger partial charge in [0.25, 0.3) is 0 Å². The summed E-state index contributed by atoms with van der Waals surface area (Å²) in [5.74, 6) is -0.338. The molecule has 1 amide bonds. The average Bonchev–Trinajstić information content (AvgIpc) is 2.54. The van der Waals surface area contributed by atoms with Gasteiger partial charge in [-0.15, -0.1) is 0 Å². The molecule has 23 heavy (non-hydrogen) atoms. The van der Waals surface area contributed by atoms with E-state index in [1.807, 2.05) is 13.0 Å². The Morgan fingerprint density at radius 3 is 2.74 bits per heavy atom. The number of amides is 1. The van der Waals surface area contributed by atoms with E-state index in [1.165, 1.54) is 6.07 Å². The zero-order chi connectivity index (χ0) is 16.7. The fourth-order valence-electron chi connectivity index (χ4n) is 2.27. The smallest absolute Gasteiger partial charge is 0.241 e. The topological polar surface area (TPSA) is 87.7 Å². The number of sulfonamides is 1. The van der Waals surface area contributed by atoms with E-state index in [0.29, 0.717) is 19.8 Å². The number of rotatable bonds is 7. The second-order valence-electron chi connectivity index (χ2n) is 5.45. The lowest BCUT2D eigenvalue weighted by molar-refractivity contribution is -0.120. The molecule has 0 bridgehead atoms. The molecule has 1 aromatic carbocycles. The Morgan fingerprint density at radius 1 is 1.30 bits per heavy atom. The Morgan fingerprint density at radius 2 is 2.04 bits per heavy atom. The van der Waals surface area contributed by atoms with E-state index in [1.54, 1.807) is 12.1 Å². The van der Waals surface area contributed by atoms with Crippen LogP contribution in [-0.2, 0) is 19.6 Å². The number of carbonyl (C=O) groups excluding carboxylic acids is 1. The summed E-state index contributed by atoms with van der Waals surface area (Å²) in [6.07, 6.45) is 0. The number of ether oxygens (including phenoxy) is 1. The Labute approximate surface area is 137 Å². The third-order valence-electron chi connectivity index (χ3n) is 3.58. The summed E-state index contributed by atoms with van der Waals surface area (Å²) in [4.78, 5) is 14.1. The molecular weight excluding hydrogens is 318 g/mol. The average molecular weight is 341 g/mol. The number of morpholine rings is 1. The molecule has 1 aliphatic rings. The van der Waals surface area contributed by atoms with Gasteiger partial charge < -0.3 is 10.1 Å². The van der Waals surface area contributed by atoms with Crippen LogP contribution in [0.2, 0.25) is 0 Å². The zero-order valence-corrected chi connectivity index (χ0v) is 14.1. The molecule has 2 N–H and O–H groups in total. The highest BCUT2D eigenvalue weighted by Crippen LogP contribution is 2.10. The molecular formula is C15H23N3O4S. The molecule has 2 rings (SSSR count). The minimum Gasteiger partial charge on any atom is -0.379 e. The van der Waals surface area contributed by atoms with E-state index < -0.39 is 10.0 Å². The first-order valence-corrected chi connectivity index (χ1v) is 9.09. The standard InChI is InChI=1S/C15H23N3O4S/c1-13-3-2-4-14(11-13)23(20,21)17-12-15(19)16-5-6-18-7-9-22-10-8-18/h2-4,11,17H,5-10,12H2,1H3,(H,16,19). The lowest BCUT2D eigenvalue weighted by atomic mass is 10.2. The van der Waals surface area contributed by atoms with E-state index in [0.717, 1.165) is 25.2 Å². The van der Waals surface area contributed by atoms with Crippen molar-refractivity contribution in [3.8, 4) is 0 Å². The summed E-state index contributed by atoms with van der Waals surface area (Å²) in [6.45, 7) is 5.92. The molecule has 0 spiro atoms. The van der Waals surface area contributed by atoms with E-state index in [2.05, 4.69) is 14.9 Å². The zero-order valence-electron chi connectivity index (χ0n) is 13.2. The number of hydrogen-bond acceptors (Lipinski definition) is 5. The molecule has 0 radical (unpaired) electrons. The highest BCUT2D eigenvalue weighted by atomic mass is 32.2. The quantitative estimate of drug-likeness (QED) is 0.712. The van der Waals surface area contributed by atoms with Crippen LogP contribution in [0.15, 0.2) is 29.2 Å². The molecule has 8 heteroatoms. The summed E-state index contributed by atoms with van der Waals surface area (Å²) in [5, 5.41) is 2.72. The molecule has 128 valence electrons. The number of carbonyl (C=O) groups is 1. The van der Waals surface area contributed by atoms with Gasteiger partial charge in [-0.2, -0.15) is 0 Å². The first kappa shape index (κ1) is 17.9. The number of nitrogens with one attached hydrogen (secondary N) is 2. The van der Waals surface area contributed by atoms with Crippen molar-refractivity contribution in [2.75, 3.05) is 45.9 Å². The molecule has 0 unspecified atom stereocenters. The monoisotopic (exact) mass is 341 g/mol. The van der Waals surface area contributed by atoms with Crippen molar-refractivity contribution in [1.29, 1.82) is 0 Å². The molecule has 1 aliphatic heterocycles. The minimum absolute atomic E-state index is 0.165. The maximum atomic E-state index is 12.1. The molecule has 0 atom stereocenters. The number of nitrogens with zero attached hydrogens (tertiary/aromatic N) is 1. The van der Waals surface area contributed by atoms with Crippen LogP contribution >= 0.6 is 0 Å². The first-order chi connectivity index (χ1) is 11.0. The van der Waals surface area contributed by atoms with Crippen LogP contribution in [0, 0.1) is 6.92 Å². The Balaban J connectivity index is 1.73. The van der Waals surface area contributed by atoms with Crippen molar-refractivity contribution in [2.24, 2.45) is 0 Å². The Hall–Kier alpha value is -1.48. The molecule has 1 fully saturated rings. The fraction of sp³-hybridized carbons (Fsp3) is 0.533. The third kappa shape index (κ3) is 5.91. The molecule has 1 aromatic rings. The normalized spacial score (nSPS) is 16.2. The second-order valence-corrected chi connectivity index (χ2v) is 7.21. The van der Waals surface area contributed by atoms with E-state index in [9.17, 15) is 13.2 Å². The lowest BCUT2D eigenvalue weighted by Gasteiger charge is -2.26. The maximum Gasteiger partial charge on any atom is 0.241 e. The molecule has 0 saturated carbocycles. The van der Waals surface area contributed by atoms with Crippen molar-refractivity contribution >= 4 is 15.9 Å². The van der Waals surface area contributed by atoms with Gasteiger partial charge in [0.05, 0.1) is 24.7 Å². The van der Waals surface area contributed by atoms with Crippen LogP contribution in [0.25, 0.3) is 0 Å². The van der Waals surface area contributed by atoms with Crippen molar-refractivity contribution in [3.63, 3.8) is 0 Å². The van der Waals surface area contributed by atoms with Gasteiger partial charge in [0.2, 0.25) is 15.9 Å². The van der Waals surface area contributed by atoms with Gasteiger partial charge in [-0.05, 0) is 24.6 Å². The molecule has 1 heterocycles. The molecule has 0 aliphatic carbocycles. The van der Waals surface area contributed by atoms with E-state index in [4.69, 9.17) is 4.74 Å². The molecule has 7 nitrogen and oxygen atoms in total. The van der Waals surface area contributed by atoms with Crippen LogP contribution in [0.3, 0.4) is 0 Å². The molecule has 1 saturated heterocycles. The van der Waals surface area contributed by atoms with Crippen LogP contribution < -0.4 is 10.0 Å². The number of benzene rings is 1. The van der Waals surface area contributed by atoms with Crippen molar-refractivity contribution in [2.45, 2.75) is 11.8 Å².